The normalized spacial score (nSPS) is 15.1. The lowest BCUT2D eigenvalue weighted by atomic mass is 10.1. The lowest BCUT2D eigenvalue weighted by Gasteiger charge is -2.35. The monoisotopic (exact) mass is 324 g/mol. The maximum absolute atomic E-state index is 13.8. The van der Waals surface area contributed by atoms with E-state index in [1.165, 1.54) is 11.6 Å². The van der Waals surface area contributed by atoms with Crippen LogP contribution in [0.4, 0.5) is 10.1 Å². The van der Waals surface area contributed by atoms with Crippen molar-refractivity contribution >= 4 is 17.7 Å². The number of nitrogens with zero attached hydrogens (tertiary/aromatic N) is 2. The molecule has 2 aromatic rings. The summed E-state index contributed by atoms with van der Waals surface area (Å²) in [5, 5.41) is 0. The molecule has 0 aliphatic carbocycles. The number of aryl methyl sites for hydroxylation is 1. The second-order valence-corrected chi connectivity index (χ2v) is 6.01. The molecule has 0 spiro atoms. The highest BCUT2D eigenvalue weighted by Gasteiger charge is 2.21. The van der Waals surface area contributed by atoms with E-state index in [0.29, 0.717) is 31.9 Å². The number of hydrogen-bond acceptors (Lipinski definition) is 2. The van der Waals surface area contributed by atoms with E-state index < -0.39 is 0 Å². The van der Waals surface area contributed by atoms with Gasteiger partial charge >= 0.3 is 0 Å². The van der Waals surface area contributed by atoms with E-state index >= 15 is 0 Å². The quantitative estimate of drug-likeness (QED) is 0.807. The van der Waals surface area contributed by atoms with E-state index in [0.717, 1.165) is 5.56 Å². The summed E-state index contributed by atoms with van der Waals surface area (Å²) in [5.41, 5.74) is 2.80. The van der Waals surface area contributed by atoms with Crippen LogP contribution < -0.4 is 4.90 Å². The van der Waals surface area contributed by atoms with Gasteiger partial charge in [-0.15, -0.1) is 0 Å². The number of amides is 1. The van der Waals surface area contributed by atoms with Gasteiger partial charge in [0, 0.05) is 32.3 Å². The number of halogens is 1. The fraction of sp³-hybridized carbons (Fsp3) is 0.250. The second kappa shape index (κ2) is 7.30. The third-order valence-corrected chi connectivity index (χ3v) is 4.24. The average Bonchev–Trinajstić information content (AvgIpc) is 2.60. The van der Waals surface area contributed by atoms with Gasteiger partial charge in [0.25, 0.3) is 0 Å². The van der Waals surface area contributed by atoms with Crippen molar-refractivity contribution in [2.75, 3.05) is 31.1 Å². The number of carbonyl (C=O) groups excluding carboxylic acids is 1. The van der Waals surface area contributed by atoms with E-state index in [2.05, 4.69) is 0 Å². The van der Waals surface area contributed by atoms with Crippen LogP contribution in [0.25, 0.3) is 6.08 Å². The van der Waals surface area contributed by atoms with Gasteiger partial charge in [0.05, 0.1) is 5.69 Å². The fourth-order valence-corrected chi connectivity index (χ4v) is 2.92. The van der Waals surface area contributed by atoms with Gasteiger partial charge in [-0.05, 0) is 30.7 Å². The van der Waals surface area contributed by atoms with E-state index in [-0.39, 0.29) is 11.7 Å². The molecule has 1 saturated heterocycles. The van der Waals surface area contributed by atoms with Crippen molar-refractivity contribution in [2.24, 2.45) is 0 Å². The van der Waals surface area contributed by atoms with Crippen molar-refractivity contribution in [2.45, 2.75) is 6.92 Å². The maximum Gasteiger partial charge on any atom is 0.246 e. The van der Waals surface area contributed by atoms with Crippen molar-refractivity contribution in [3.63, 3.8) is 0 Å². The Balaban J connectivity index is 1.58. The summed E-state index contributed by atoms with van der Waals surface area (Å²) in [7, 11) is 0. The number of piperazine rings is 1. The number of anilines is 1. The average molecular weight is 324 g/mol. The summed E-state index contributed by atoms with van der Waals surface area (Å²) < 4.78 is 13.8. The molecule has 0 atom stereocenters. The molecule has 0 bridgehead atoms. The Morgan fingerprint density at radius 3 is 2.50 bits per heavy atom. The highest BCUT2D eigenvalue weighted by molar-refractivity contribution is 5.92. The summed E-state index contributed by atoms with van der Waals surface area (Å²) in [4.78, 5) is 16.1. The van der Waals surface area contributed by atoms with E-state index in [1.807, 2.05) is 53.1 Å². The molecule has 1 aliphatic rings. The van der Waals surface area contributed by atoms with Gasteiger partial charge < -0.3 is 9.80 Å². The van der Waals surface area contributed by atoms with Crippen LogP contribution in [-0.2, 0) is 4.79 Å². The molecule has 3 nitrogen and oxygen atoms in total. The zero-order chi connectivity index (χ0) is 16.9. The maximum atomic E-state index is 13.8. The Labute approximate surface area is 142 Å². The van der Waals surface area contributed by atoms with Crippen LogP contribution >= 0.6 is 0 Å². The van der Waals surface area contributed by atoms with Gasteiger partial charge in [-0.25, -0.2) is 4.39 Å². The first-order chi connectivity index (χ1) is 11.6. The Kier molecular flexibility index (Phi) is 4.94. The third kappa shape index (κ3) is 3.82. The summed E-state index contributed by atoms with van der Waals surface area (Å²) in [6.07, 6.45) is 3.46. The molecule has 2 aromatic carbocycles. The Bertz CT molecular complexity index is 749. The van der Waals surface area contributed by atoms with Crippen LogP contribution in [0.3, 0.4) is 0 Å². The standard InChI is InChI=1S/C20H21FN2O/c1-16-5-4-6-17(15-16)9-10-20(24)23-13-11-22(12-14-23)19-8-3-2-7-18(19)21/h2-10,15H,11-14H2,1H3. The lowest BCUT2D eigenvalue weighted by molar-refractivity contribution is -0.126. The van der Waals surface area contributed by atoms with Crippen LogP contribution in [0.2, 0.25) is 0 Å². The minimum absolute atomic E-state index is 0.00434. The van der Waals surface area contributed by atoms with E-state index in [4.69, 9.17) is 0 Å². The molecule has 0 aromatic heterocycles. The van der Waals surface area contributed by atoms with Gasteiger partial charge in [-0.1, -0.05) is 42.0 Å². The molecule has 0 unspecified atom stereocenters. The van der Waals surface area contributed by atoms with Crippen LogP contribution in [0.1, 0.15) is 11.1 Å². The highest BCUT2D eigenvalue weighted by Crippen LogP contribution is 2.20. The summed E-state index contributed by atoms with van der Waals surface area (Å²) >= 11 is 0. The fourth-order valence-electron chi connectivity index (χ4n) is 2.92. The lowest BCUT2D eigenvalue weighted by Crippen LogP contribution is -2.48. The van der Waals surface area contributed by atoms with Crippen molar-refractivity contribution < 1.29 is 9.18 Å². The van der Waals surface area contributed by atoms with Gasteiger partial charge in [0.1, 0.15) is 5.82 Å². The SMILES string of the molecule is Cc1cccc(C=CC(=O)N2CCN(c3ccccc3F)CC2)c1. The van der Waals surface area contributed by atoms with Crippen LogP contribution in [-0.4, -0.2) is 37.0 Å². The van der Waals surface area contributed by atoms with Gasteiger partial charge in [0.15, 0.2) is 0 Å². The minimum Gasteiger partial charge on any atom is -0.366 e. The first-order valence-corrected chi connectivity index (χ1v) is 8.16. The van der Waals surface area contributed by atoms with Gasteiger partial charge in [0.2, 0.25) is 5.91 Å². The number of hydrogen-bond donors (Lipinski definition) is 0. The number of carbonyl (C=O) groups is 1. The molecule has 1 amide bonds. The number of benzene rings is 2. The zero-order valence-corrected chi connectivity index (χ0v) is 13.8. The van der Waals surface area contributed by atoms with Gasteiger partial charge in [-0.2, -0.15) is 0 Å². The zero-order valence-electron chi connectivity index (χ0n) is 13.8. The predicted octanol–water partition coefficient (Wildman–Crippen LogP) is 3.50. The minimum atomic E-state index is -0.211. The molecule has 4 heteroatoms. The largest absolute Gasteiger partial charge is 0.366 e. The topological polar surface area (TPSA) is 23.6 Å². The molecule has 0 radical (unpaired) electrons. The van der Waals surface area contributed by atoms with E-state index in [9.17, 15) is 9.18 Å². The molecule has 1 aliphatic heterocycles. The Morgan fingerprint density at radius 2 is 1.79 bits per heavy atom. The molecular weight excluding hydrogens is 303 g/mol. The van der Waals surface area contributed by atoms with Crippen molar-refractivity contribution in [1.82, 2.24) is 4.90 Å². The smallest absolute Gasteiger partial charge is 0.246 e. The van der Waals surface area contributed by atoms with Crippen LogP contribution in [0.15, 0.2) is 54.6 Å². The number of rotatable bonds is 3. The first-order valence-electron chi connectivity index (χ1n) is 8.16. The highest BCUT2D eigenvalue weighted by atomic mass is 19.1. The molecule has 124 valence electrons. The van der Waals surface area contributed by atoms with Crippen LogP contribution in [0.5, 0.6) is 0 Å². The Hall–Kier alpha value is -2.62. The van der Waals surface area contributed by atoms with E-state index in [1.54, 1.807) is 18.2 Å². The Morgan fingerprint density at radius 1 is 1.04 bits per heavy atom. The van der Waals surface area contributed by atoms with Gasteiger partial charge in [-0.3, -0.25) is 4.79 Å². The molecule has 24 heavy (non-hydrogen) atoms. The van der Waals surface area contributed by atoms with Crippen molar-refractivity contribution in [1.29, 1.82) is 0 Å². The first kappa shape index (κ1) is 16.2. The molecule has 3 rings (SSSR count). The summed E-state index contributed by atoms with van der Waals surface area (Å²) in [6.45, 7) is 4.52. The van der Waals surface area contributed by atoms with Crippen molar-refractivity contribution in [3.8, 4) is 0 Å². The second-order valence-electron chi connectivity index (χ2n) is 6.01. The predicted molar refractivity (Wildman–Crippen MR) is 95.4 cm³/mol. The third-order valence-electron chi connectivity index (χ3n) is 4.24. The molecule has 0 N–H and O–H groups in total. The van der Waals surface area contributed by atoms with Crippen LogP contribution in [0, 0.1) is 12.7 Å². The molecule has 1 heterocycles. The molecule has 1 fully saturated rings. The number of para-hydroxylation sites is 1. The van der Waals surface area contributed by atoms with Crippen molar-refractivity contribution in [3.05, 3.63) is 71.6 Å². The summed E-state index contributed by atoms with van der Waals surface area (Å²) in [5.74, 6) is -0.207. The molecule has 0 saturated carbocycles. The molecular formula is C20H21FN2O. The summed E-state index contributed by atoms with van der Waals surface area (Å²) in [6, 6.07) is 14.8.